The van der Waals surface area contributed by atoms with Crippen molar-refractivity contribution in [3.8, 4) is 0 Å². The lowest BCUT2D eigenvalue weighted by molar-refractivity contribution is -0.384. The molecule has 2 aromatic rings. The Bertz CT molecular complexity index is 1120. The van der Waals surface area contributed by atoms with Gasteiger partial charge in [-0.3, -0.25) is 19.7 Å². The summed E-state index contributed by atoms with van der Waals surface area (Å²) in [5.41, 5.74) is -0.261. The number of carbonyl (C=O) groups is 2. The van der Waals surface area contributed by atoms with Gasteiger partial charge in [-0.25, -0.2) is 8.42 Å². The van der Waals surface area contributed by atoms with Crippen molar-refractivity contribution in [2.75, 3.05) is 18.8 Å². The number of non-ortho nitro benzene ring substituents is 1. The summed E-state index contributed by atoms with van der Waals surface area (Å²) >= 11 is 1.41. The zero-order valence-corrected chi connectivity index (χ0v) is 21.8. The topological polar surface area (TPSA) is 147 Å². The predicted molar refractivity (Wildman–Crippen MR) is 137 cm³/mol. The van der Waals surface area contributed by atoms with Gasteiger partial charge in [0.15, 0.2) is 0 Å². The Labute approximate surface area is 215 Å². The van der Waals surface area contributed by atoms with Gasteiger partial charge in [-0.1, -0.05) is 32.0 Å². The van der Waals surface area contributed by atoms with Crippen LogP contribution in [-0.2, 0) is 19.6 Å². The summed E-state index contributed by atoms with van der Waals surface area (Å²) in [5.74, 6) is -1.30. The summed E-state index contributed by atoms with van der Waals surface area (Å²) in [6.07, 6.45) is 0.926. The molecule has 36 heavy (non-hydrogen) atoms. The summed E-state index contributed by atoms with van der Waals surface area (Å²) in [7, 11) is -4.22. The molecule has 0 fully saturated rings. The Balaban J connectivity index is 1.98. The molecule has 10 nitrogen and oxygen atoms in total. The number of thioether (sulfide) groups is 1. The van der Waals surface area contributed by atoms with Crippen LogP contribution in [0.1, 0.15) is 33.1 Å². The van der Waals surface area contributed by atoms with Crippen LogP contribution in [0.15, 0.2) is 64.4 Å². The molecule has 0 heterocycles. The number of unbranched alkanes of at least 4 members (excludes halogenated alkanes) is 1. The quantitative estimate of drug-likeness (QED) is 0.151. The third kappa shape index (κ3) is 8.92. The van der Waals surface area contributed by atoms with Crippen LogP contribution in [0, 0.1) is 16.0 Å². The van der Waals surface area contributed by atoms with E-state index in [1.165, 1.54) is 11.8 Å². The van der Waals surface area contributed by atoms with Crippen molar-refractivity contribution in [3.05, 3.63) is 64.7 Å². The van der Waals surface area contributed by atoms with Gasteiger partial charge in [0, 0.05) is 30.1 Å². The Morgan fingerprint density at radius 1 is 1.08 bits per heavy atom. The number of carboxylic acid groups (broad SMARTS) is 1. The fourth-order valence-electron chi connectivity index (χ4n) is 3.43. The number of benzene rings is 2. The van der Waals surface area contributed by atoms with E-state index in [1.54, 1.807) is 13.8 Å². The minimum atomic E-state index is -4.22. The average Bonchev–Trinajstić information content (AvgIpc) is 2.84. The minimum absolute atomic E-state index is 0.0241. The van der Waals surface area contributed by atoms with Crippen molar-refractivity contribution in [1.29, 1.82) is 0 Å². The van der Waals surface area contributed by atoms with Crippen LogP contribution in [0.4, 0.5) is 5.69 Å². The molecule has 0 radical (unpaired) electrons. The Hall–Kier alpha value is -2.96. The van der Waals surface area contributed by atoms with Crippen molar-refractivity contribution < 1.29 is 28.0 Å². The second-order valence-electron chi connectivity index (χ2n) is 8.52. The van der Waals surface area contributed by atoms with E-state index < -0.39 is 27.0 Å². The predicted octanol–water partition coefficient (Wildman–Crippen LogP) is 3.77. The van der Waals surface area contributed by atoms with Crippen LogP contribution in [0.2, 0.25) is 0 Å². The lowest BCUT2D eigenvalue weighted by Crippen LogP contribution is -2.46. The van der Waals surface area contributed by atoms with Gasteiger partial charge >= 0.3 is 5.97 Å². The summed E-state index contributed by atoms with van der Waals surface area (Å²) in [5, 5.41) is 23.5. The van der Waals surface area contributed by atoms with Gasteiger partial charge in [0.2, 0.25) is 15.9 Å². The Kier molecular flexibility index (Phi) is 11.3. The molecule has 12 heteroatoms. The molecular weight excluding hydrogens is 506 g/mol. The zero-order chi connectivity index (χ0) is 26.7. The van der Waals surface area contributed by atoms with Crippen molar-refractivity contribution in [2.24, 2.45) is 5.92 Å². The minimum Gasteiger partial charge on any atom is -0.480 e. The van der Waals surface area contributed by atoms with Crippen LogP contribution in [0.3, 0.4) is 0 Å². The SMILES string of the molecule is CC(C)CN(C(CCCCNC(=O)CSc1ccccc1)C(=O)O)S(=O)(=O)c1ccc([N+](=O)[O-])cc1. The molecule has 0 saturated carbocycles. The van der Waals surface area contributed by atoms with E-state index in [2.05, 4.69) is 5.32 Å². The molecule has 2 rings (SSSR count). The first-order valence-corrected chi connectivity index (χ1v) is 13.9. The van der Waals surface area contributed by atoms with Crippen molar-refractivity contribution in [2.45, 2.75) is 48.9 Å². The largest absolute Gasteiger partial charge is 0.480 e. The van der Waals surface area contributed by atoms with Gasteiger partial charge in [-0.05, 0) is 49.4 Å². The van der Waals surface area contributed by atoms with E-state index in [0.29, 0.717) is 19.4 Å². The number of sulfonamides is 1. The zero-order valence-electron chi connectivity index (χ0n) is 20.2. The summed E-state index contributed by atoms with van der Waals surface area (Å²) in [6, 6.07) is 12.6. The molecule has 0 aliphatic carbocycles. The highest BCUT2D eigenvalue weighted by Crippen LogP contribution is 2.24. The molecule has 2 aromatic carbocycles. The number of rotatable bonds is 15. The van der Waals surface area contributed by atoms with E-state index in [1.807, 2.05) is 30.3 Å². The first-order valence-electron chi connectivity index (χ1n) is 11.5. The van der Waals surface area contributed by atoms with Crippen LogP contribution < -0.4 is 5.32 Å². The lowest BCUT2D eigenvalue weighted by Gasteiger charge is -2.29. The molecule has 0 aliphatic heterocycles. The molecule has 0 spiro atoms. The number of hydrogen-bond acceptors (Lipinski definition) is 7. The maximum absolute atomic E-state index is 13.3. The first kappa shape index (κ1) is 29.3. The number of aliphatic carboxylic acids is 1. The van der Waals surface area contributed by atoms with E-state index >= 15 is 0 Å². The first-order chi connectivity index (χ1) is 17.0. The highest BCUT2D eigenvalue weighted by molar-refractivity contribution is 8.00. The number of carbonyl (C=O) groups excluding carboxylic acids is 1. The van der Waals surface area contributed by atoms with Gasteiger partial charge in [-0.15, -0.1) is 11.8 Å². The molecule has 1 unspecified atom stereocenters. The van der Waals surface area contributed by atoms with Gasteiger partial charge < -0.3 is 10.4 Å². The molecule has 0 bridgehead atoms. The molecular formula is C24H31N3O7S2. The van der Waals surface area contributed by atoms with E-state index in [9.17, 15) is 33.2 Å². The van der Waals surface area contributed by atoms with Crippen LogP contribution >= 0.6 is 11.8 Å². The number of nitrogens with zero attached hydrogens (tertiary/aromatic N) is 2. The van der Waals surface area contributed by atoms with Crippen LogP contribution in [0.5, 0.6) is 0 Å². The maximum Gasteiger partial charge on any atom is 0.322 e. The molecule has 2 N–H and O–H groups in total. The van der Waals surface area contributed by atoms with Gasteiger partial charge in [-0.2, -0.15) is 4.31 Å². The fourth-order valence-corrected chi connectivity index (χ4v) is 5.95. The molecule has 0 aromatic heterocycles. The second kappa shape index (κ2) is 14.0. The Morgan fingerprint density at radius 2 is 1.72 bits per heavy atom. The molecule has 1 amide bonds. The van der Waals surface area contributed by atoms with Gasteiger partial charge in [0.05, 0.1) is 15.6 Å². The standard InChI is InChI=1S/C24H31N3O7S2/c1-18(2)16-26(36(33,34)21-13-11-19(12-14-21)27(31)32)22(24(29)30)10-6-7-15-25-23(28)17-35-20-8-4-3-5-9-20/h3-5,8-9,11-14,18,22H,6-7,10,15-17H2,1-2H3,(H,25,28)(H,29,30). The van der Waals surface area contributed by atoms with Gasteiger partial charge in [0.25, 0.3) is 5.69 Å². The summed E-state index contributed by atoms with van der Waals surface area (Å²) < 4.78 is 27.5. The molecule has 196 valence electrons. The highest BCUT2D eigenvalue weighted by Gasteiger charge is 2.36. The number of carboxylic acids is 1. The molecule has 0 saturated heterocycles. The smallest absolute Gasteiger partial charge is 0.322 e. The van der Waals surface area contributed by atoms with Crippen molar-refractivity contribution in [1.82, 2.24) is 9.62 Å². The number of nitrogens with one attached hydrogen (secondary N) is 1. The number of nitro groups is 1. The van der Waals surface area contributed by atoms with Crippen molar-refractivity contribution in [3.63, 3.8) is 0 Å². The van der Waals surface area contributed by atoms with Crippen molar-refractivity contribution >= 4 is 39.3 Å². The number of nitro benzene ring substituents is 1. The van der Waals surface area contributed by atoms with Crippen LogP contribution in [-0.4, -0.2) is 59.5 Å². The number of amides is 1. The van der Waals surface area contributed by atoms with Crippen LogP contribution in [0.25, 0.3) is 0 Å². The molecule has 1 atom stereocenters. The lowest BCUT2D eigenvalue weighted by atomic mass is 10.1. The van der Waals surface area contributed by atoms with E-state index in [0.717, 1.165) is 33.5 Å². The number of hydrogen-bond donors (Lipinski definition) is 2. The second-order valence-corrected chi connectivity index (χ2v) is 11.5. The van der Waals surface area contributed by atoms with Gasteiger partial charge in [0.1, 0.15) is 6.04 Å². The maximum atomic E-state index is 13.3. The van der Waals surface area contributed by atoms with E-state index in [4.69, 9.17) is 0 Å². The fraction of sp³-hybridized carbons (Fsp3) is 0.417. The third-order valence-electron chi connectivity index (χ3n) is 5.17. The third-order valence-corrected chi connectivity index (χ3v) is 8.07. The normalized spacial score (nSPS) is 12.4. The highest BCUT2D eigenvalue weighted by atomic mass is 32.2. The Morgan fingerprint density at radius 3 is 2.28 bits per heavy atom. The van der Waals surface area contributed by atoms with E-state index in [-0.39, 0.29) is 41.1 Å². The summed E-state index contributed by atoms with van der Waals surface area (Å²) in [6.45, 7) is 3.88. The molecule has 0 aliphatic rings. The monoisotopic (exact) mass is 537 g/mol. The average molecular weight is 538 g/mol. The summed E-state index contributed by atoms with van der Waals surface area (Å²) in [4.78, 5) is 35.2.